The molecule has 0 N–H and O–H groups in total. The van der Waals surface area contributed by atoms with E-state index in [1.807, 2.05) is 0 Å². The molecule has 1 atom stereocenters. The van der Waals surface area contributed by atoms with Gasteiger partial charge in [-0.2, -0.15) is 0 Å². The number of rotatable bonds is 67. The molecule has 1 unspecified atom stereocenters. The van der Waals surface area contributed by atoms with E-state index in [9.17, 15) is 14.4 Å². The monoisotopic (exact) mass is 1100 g/mol. The topological polar surface area (TPSA) is 78.9 Å². The SMILES string of the molecule is CCCCCCCC/C=C\CCCCCCCCCCCC(=O)OC(COC(=O)CCCCCCCCCCCCCCCCCCC)COC(=O)CCCCCCCCCCCCCCCCCCCCCCCCCC. The molecule has 0 aliphatic carbocycles. The highest BCUT2D eigenvalue weighted by Crippen LogP contribution is 2.19. The minimum Gasteiger partial charge on any atom is -0.462 e. The van der Waals surface area contributed by atoms with Crippen molar-refractivity contribution >= 4 is 17.9 Å². The molecule has 0 aromatic carbocycles. The van der Waals surface area contributed by atoms with Crippen LogP contribution >= 0.6 is 0 Å². The summed E-state index contributed by atoms with van der Waals surface area (Å²) < 4.78 is 17.0. The van der Waals surface area contributed by atoms with E-state index in [-0.39, 0.29) is 31.1 Å². The highest BCUT2D eigenvalue weighted by molar-refractivity contribution is 5.71. The first-order valence-corrected chi connectivity index (χ1v) is 35.7. The predicted molar refractivity (Wildman–Crippen MR) is 340 cm³/mol. The van der Waals surface area contributed by atoms with Gasteiger partial charge in [0, 0.05) is 19.3 Å². The third kappa shape index (κ3) is 65.0. The van der Waals surface area contributed by atoms with Gasteiger partial charge < -0.3 is 14.2 Å². The summed E-state index contributed by atoms with van der Waals surface area (Å²) >= 11 is 0. The molecule has 0 radical (unpaired) electrons. The van der Waals surface area contributed by atoms with E-state index in [1.54, 1.807) is 0 Å². The normalized spacial score (nSPS) is 12.0. The number of ether oxygens (including phenoxy) is 3. The number of esters is 3. The van der Waals surface area contributed by atoms with E-state index in [0.717, 1.165) is 57.8 Å². The first kappa shape index (κ1) is 76.1. The lowest BCUT2D eigenvalue weighted by molar-refractivity contribution is -0.167. The molecule has 0 heterocycles. The summed E-state index contributed by atoms with van der Waals surface area (Å²) in [6.45, 7) is 6.73. The van der Waals surface area contributed by atoms with Crippen molar-refractivity contribution in [2.45, 2.75) is 419 Å². The van der Waals surface area contributed by atoms with Gasteiger partial charge in [-0.3, -0.25) is 14.4 Å². The highest BCUT2D eigenvalue weighted by Gasteiger charge is 2.19. The molecule has 6 nitrogen and oxygen atoms in total. The molecule has 78 heavy (non-hydrogen) atoms. The van der Waals surface area contributed by atoms with Crippen molar-refractivity contribution in [1.82, 2.24) is 0 Å². The van der Waals surface area contributed by atoms with E-state index < -0.39 is 6.10 Å². The van der Waals surface area contributed by atoms with E-state index >= 15 is 0 Å². The van der Waals surface area contributed by atoms with Crippen molar-refractivity contribution in [3.63, 3.8) is 0 Å². The number of carbonyl (C=O) groups is 3. The maximum Gasteiger partial charge on any atom is 0.306 e. The Hall–Kier alpha value is -1.85. The number of hydrogen-bond donors (Lipinski definition) is 0. The smallest absolute Gasteiger partial charge is 0.306 e. The van der Waals surface area contributed by atoms with Crippen molar-refractivity contribution in [2.75, 3.05) is 13.2 Å². The maximum atomic E-state index is 13.0. The second kappa shape index (κ2) is 67.7. The third-order valence-electron chi connectivity index (χ3n) is 16.5. The van der Waals surface area contributed by atoms with Crippen LogP contribution in [0.3, 0.4) is 0 Å². The first-order valence-electron chi connectivity index (χ1n) is 35.7. The Morgan fingerprint density at radius 1 is 0.244 bits per heavy atom. The van der Waals surface area contributed by atoms with Crippen LogP contribution in [0.5, 0.6) is 0 Å². The summed E-state index contributed by atoms with van der Waals surface area (Å²) in [5.74, 6) is -0.828. The molecular weight excluding hydrogens is 961 g/mol. The largest absolute Gasteiger partial charge is 0.462 e. The average molecular weight is 1100 g/mol. The van der Waals surface area contributed by atoms with Gasteiger partial charge in [0.15, 0.2) is 6.10 Å². The molecule has 0 saturated carbocycles. The van der Waals surface area contributed by atoms with Gasteiger partial charge in [0.25, 0.3) is 0 Å². The molecule has 0 rings (SSSR count). The Morgan fingerprint density at radius 3 is 0.641 bits per heavy atom. The fourth-order valence-electron chi connectivity index (χ4n) is 11.2. The maximum absolute atomic E-state index is 13.0. The predicted octanol–water partition coefficient (Wildman–Crippen LogP) is 24.4. The Bertz CT molecular complexity index is 1210. The summed E-state index contributed by atoms with van der Waals surface area (Å²) in [5.41, 5.74) is 0. The van der Waals surface area contributed by atoms with Gasteiger partial charge in [0.1, 0.15) is 13.2 Å². The average Bonchev–Trinajstić information content (AvgIpc) is 3.44. The molecule has 0 fully saturated rings. The van der Waals surface area contributed by atoms with Crippen LogP contribution in [0.15, 0.2) is 12.2 Å². The van der Waals surface area contributed by atoms with Gasteiger partial charge in [-0.05, 0) is 44.9 Å². The number of unbranched alkanes of at least 4 members (excludes halogenated alkanes) is 54. The van der Waals surface area contributed by atoms with Crippen molar-refractivity contribution in [3.05, 3.63) is 12.2 Å². The molecular formula is C72H138O6. The molecule has 0 saturated heterocycles. The standard InChI is InChI=1S/C72H138O6/c1-4-7-10-13-16-19-22-25-28-31-33-34-35-36-37-39-41-44-47-50-53-56-59-62-65-71(74)77-68-69(67-76-70(73)64-61-58-55-52-49-46-43-40-30-27-24-21-18-15-12-9-6-3)78-72(75)66-63-60-57-54-51-48-45-42-38-32-29-26-23-20-17-14-11-8-5-2/h26,29,69H,4-25,27-28,30-68H2,1-3H3/b29-26-. The van der Waals surface area contributed by atoms with Crippen LogP contribution in [-0.4, -0.2) is 37.2 Å². The van der Waals surface area contributed by atoms with E-state index in [1.165, 1.54) is 315 Å². The van der Waals surface area contributed by atoms with Crippen LogP contribution in [0.25, 0.3) is 0 Å². The van der Waals surface area contributed by atoms with Crippen LogP contribution in [0.4, 0.5) is 0 Å². The lowest BCUT2D eigenvalue weighted by atomic mass is 10.0. The summed E-state index contributed by atoms with van der Waals surface area (Å²) in [5, 5.41) is 0. The number of hydrogen-bond acceptors (Lipinski definition) is 6. The summed E-state index contributed by atoms with van der Waals surface area (Å²) in [6, 6.07) is 0. The zero-order valence-corrected chi connectivity index (χ0v) is 53.2. The molecule has 0 aliphatic rings. The molecule has 462 valence electrons. The van der Waals surface area contributed by atoms with E-state index in [0.29, 0.717) is 19.3 Å². The van der Waals surface area contributed by atoms with E-state index in [2.05, 4.69) is 32.9 Å². The molecule has 0 amide bonds. The minimum atomic E-state index is -0.768. The second-order valence-electron chi connectivity index (χ2n) is 24.5. The van der Waals surface area contributed by atoms with Gasteiger partial charge >= 0.3 is 17.9 Å². The zero-order valence-electron chi connectivity index (χ0n) is 53.2. The second-order valence-corrected chi connectivity index (χ2v) is 24.5. The van der Waals surface area contributed by atoms with E-state index in [4.69, 9.17) is 14.2 Å². The zero-order chi connectivity index (χ0) is 56.4. The van der Waals surface area contributed by atoms with Crippen molar-refractivity contribution < 1.29 is 28.6 Å². The van der Waals surface area contributed by atoms with Gasteiger partial charge in [-0.1, -0.05) is 360 Å². The Morgan fingerprint density at radius 2 is 0.423 bits per heavy atom. The lowest BCUT2D eigenvalue weighted by Gasteiger charge is -2.18. The first-order chi connectivity index (χ1) is 38.5. The fourth-order valence-corrected chi connectivity index (χ4v) is 11.2. The minimum absolute atomic E-state index is 0.0636. The van der Waals surface area contributed by atoms with Crippen LogP contribution < -0.4 is 0 Å². The van der Waals surface area contributed by atoms with Crippen LogP contribution in [0.1, 0.15) is 412 Å². The van der Waals surface area contributed by atoms with Gasteiger partial charge in [-0.15, -0.1) is 0 Å². The highest BCUT2D eigenvalue weighted by atomic mass is 16.6. The molecule has 6 heteroatoms. The Balaban J connectivity index is 4.26. The number of carbonyl (C=O) groups excluding carboxylic acids is 3. The Kier molecular flexibility index (Phi) is 66.0. The van der Waals surface area contributed by atoms with Gasteiger partial charge in [-0.25, -0.2) is 0 Å². The third-order valence-corrected chi connectivity index (χ3v) is 16.5. The summed E-state index contributed by atoms with van der Waals surface area (Å²) in [6.07, 6.45) is 80.9. The summed E-state index contributed by atoms with van der Waals surface area (Å²) in [7, 11) is 0. The van der Waals surface area contributed by atoms with Crippen LogP contribution in [0, 0.1) is 0 Å². The quantitative estimate of drug-likeness (QED) is 0.0261. The van der Waals surface area contributed by atoms with Crippen molar-refractivity contribution in [2.24, 2.45) is 0 Å². The molecule has 0 spiro atoms. The number of allylic oxidation sites excluding steroid dienone is 2. The molecule has 0 aliphatic heterocycles. The van der Waals surface area contributed by atoms with Crippen LogP contribution in [-0.2, 0) is 28.6 Å². The Labute approximate surface area is 488 Å². The van der Waals surface area contributed by atoms with Gasteiger partial charge in [0.2, 0.25) is 0 Å². The van der Waals surface area contributed by atoms with Gasteiger partial charge in [0.05, 0.1) is 0 Å². The lowest BCUT2D eigenvalue weighted by Crippen LogP contribution is -2.30. The fraction of sp³-hybridized carbons (Fsp3) is 0.931. The molecule has 0 aromatic rings. The van der Waals surface area contributed by atoms with Crippen LogP contribution in [0.2, 0.25) is 0 Å². The summed E-state index contributed by atoms with van der Waals surface area (Å²) in [4.78, 5) is 38.5. The van der Waals surface area contributed by atoms with Crippen molar-refractivity contribution in [3.8, 4) is 0 Å². The molecule has 0 bridgehead atoms. The molecule has 0 aromatic heterocycles. The van der Waals surface area contributed by atoms with Crippen molar-refractivity contribution in [1.29, 1.82) is 0 Å².